The third kappa shape index (κ3) is 4.11. The zero-order chi connectivity index (χ0) is 19.3. The molecule has 5 nitrogen and oxygen atoms in total. The lowest BCUT2D eigenvalue weighted by Gasteiger charge is -2.26. The van der Waals surface area contributed by atoms with E-state index in [2.05, 4.69) is 4.90 Å². The van der Waals surface area contributed by atoms with Gasteiger partial charge in [-0.3, -0.25) is 4.79 Å². The van der Waals surface area contributed by atoms with E-state index in [1.54, 1.807) is 30.5 Å². The van der Waals surface area contributed by atoms with E-state index in [0.29, 0.717) is 11.5 Å². The number of hydrogen-bond acceptors (Lipinski definition) is 4. The molecule has 0 spiro atoms. The van der Waals surface area contributed by atoms with Gasteiger partial charge in [-0.15, -0.1) is 0 Å². The molecule has 0 unspecified atom stereocenters. The van der Waals surface area contributed by atoms with Gasteiger partial charge in [-0.1, -0.05) is 12.1 Å². The molecule has 4 rings (SSSR count). The summed E-state index contributed by atoms with van der Waals surface area (Å²) in [6, 6.07) is 13.4. The van der Waals surface area contributed by atoms with Crippen molar-refractivity contribution < 1.29 is 18.0 Å². The van der Waals surface area contributed by atoms with Gasteiger partial charge < -0.3 is 18.6 Å². The van der Waals surface area contributed by atoms with Gasteiger partial charge in [0.1, 0.15) is 17.3 Å². The first kappa shape index (κ1) is 18.3. The Morgan fingerprint density at radius 3 is 2.50 bits per heavy atom. The van der Waals surface area contributed by atoms with Crippen LogP contribution in [0.4, 0.5) is 10.3 Å². The van der Waals surface area contributed by atoms with E-state index < -0.39 is 11.7 Å². The van der Waals surface area contributed by atoms with Crippen LogP contribution in [0.2, 0.25) is 0 Å². The number of halogens is 1. The minimum Gasteiger partial charge on any atom is -0.467 e. The molecule has 1 aliphatic rings. The van der Waals surface area contributed by atoms with E-state index in [-0.39, 0.29) is 18.7 Å². The monoisotopic (exact) mass is 382 g/mol. The third-order valence-electron chi connectivity index (χ3n) is 4.98. The number of anilines is 1. The highest BCUT2D eigenvalue weighted by molar-refractivity contribution is 5.94. The molecule has 0 saturated carbocycles. The van der Waals surface area contributed by atoms with E-state index >= 15 is 0 Å². The van der Waals surface area contributed by atoms with E-state index in [1.807, 2.05) is 12.1 Å². The van der Waals surface area contributed by atoms with Crippen molar-refractivity contribution in [3.8, 4) is 0 Å². The minimum atomic E-state index is -0.537. The Balaban J connectivity index is 1.54. The molecule has 146 valence electrons. The number of piperidine rings is 1. The highest BCUT2D eigenvalue weighted by Crippen LogP contribution is 2.24. The number of nitrogens with zero attached hydrogens (tertiary/aromatic N) is 2. The number of furan rings is 2. The van der Waals surface area contributed by atoms with Gasteiger partial charge in [0.15, 0.2) is 5.88 Å². The summed E-state index contributed by atoms with van der Waals surface area (Å²) in [6.45, 7) is 2.44. The first-order valence-electron chi connectivity index (χ1n) is 9.60. The van der Waals surface area contributed by atoms with Gasteiger partial charge in [0, 0.05) is 19.2 Å². The molecule has 0 N–H and O–H groups in total. The second-order valence-corrected chi connectivity index (χ2v) is 7.01. The van der Waals surface area contributed by atoms with Gasteiger partial charge in [-0.25, -0.2) is 4.39 Å². The SMILES string of the molecule is O=C(c1ccccc1F)N(Cc1ccco1)Cc1ccc(N2CCCCC2)o1. The highest BCUT2D eigenvalue weighted by atomic mass is 19.1. The first-order valence-corrected chi connectivity index (χ1v) is 9.60. The summed E-state index contributed by atoms with van der Waals surface area (Å²) in [5, 5.41) is 0. The number of rotatable bonds is 6. The molecule has 1 aliphatic heterocycles. The van der Waals surface area contributed by atoms with Crippen LogP contribution >= 0.6 is 0 Å². The fourth-order valence-corrected chi connectivity index (χ4v) is 3.52. The van der Waals surface area contributed by atoms with Crippen molar-refractivity contribution in [1.29, 1.82) is 0 Å². The average Bonchev–Trinajstić information content (AvgIpc) is 3.40. The van der Waals surface area contributed by atoms with Crippen LogP contribution in [-0.4, -0.2) is 23.9 Å². The maximum Gasteiger partial charge on any atom is 0.257 e. The standard InChI is InChI=1S/C22H23FN2O3/c23-20-9-3-2-8-19(20)22(26)25(15-17-7-6-14-27-17)16-18-10-11-21(28-18)24-12-4-1-5-13-24/h2-3,6-11,14H,1,4-5,12-13,15-16H2. The van der Waals surface area contributed by atoms with Gasteiger partial charge in [0.25, 0.3) is 5.91 Å². The molecule has 0 atom stereocenters. The van der Waals surface area contributed by atoms with E-state index in [4.69, 9.17) is 8.83 Å². The number of carbonyl (C=O) groups excluding carboxylic acids is 1. The summed E-state index contributed by atoms with van der Waals surface area (Å²) in [7, 11) is 0. The van der Waals surface area contributed by atoms with Gasteiger partial charge >= 0.3 is 0 Å². The molecule has 1 saturated heterocycles. The maximum absolute atomic E-state index is 14.2. The average molecular weight is 382 g/mol. The first-order chi connectivity index (χ1) is 13.7. The van der Waals surface area contributed by atoms with Crippen LogP contribution in [0.25, 0.3) is 0 Å². The van der Waals surface area contributed by atoms with Crippen molar-refractivity contribution in [2.24, 2.45) is 0 Å². The van der Waals surface area contributed by atoms with E-state index in [9.17, 15) is 9.18 Å². The molecule has 0 aliphatic carbocycles. The van der Waals surface area contributed by atoms with Crippen molar-refractivity contribution in [2.75, 3.05) is 18.0 Å². The fraction of sp³-hybridized carbons (Fsp3) is 0.318. The predicted molar refractivity (Wildman–Crippen MR) is 103 cm³/mol. The quantitative estimate of drug-likeness (QED) is 0.612. The van der Waals surface area contributed by atoms with Crippen LogP contribution in [0.15, 0.2) is 63.6 Å². The number of carbonyl (C=O) groups is 1. The zero-order valence-electron chi connectivity index (χ0n) is 15.6. The molecule has 2 aromatic heterocycles. The molecule has 28 heavy (non-hydrogen) atoms. The molecule has 0 radical (unpaired) electrons. The summed E-state index contributed by atoms with van der Waals surface area (Å²) >= 11 is 0. The molecule has 1 aromatic carbocycles. The lowest BCUT2D eigenvalue weighted by atomic mass is 10.1. The van der Waals surface area contributed by atoms with Gasteiger partial charge in [0.2, 0.25) is 0 Å². The Hall–Kier alpha value is -3.02. The topological polar surface area (TPSA) is 49.8 Å². The number of benzene rings is 1. The molecule has 0 bridgehead atoms. The smallest absolute Gasteiger partial charge is 0.257 e. The highest BCUT2D eigenvalue weighted by Gasteiger charge is 2.22. The van der Waals surface area contributed by atoms with Crippen molar-refractivity contribution in [2.45, 2.75) is 32.4 Å². The van der Waals surface area contributed by atoms with Crippen LogP contribution in [0.1, 0.15) is 41.1 Å². The van der Waals surface area contributed by atoms with Crippen LogP contribution in [-0.2, 0) is 13.1 Å². The molecule has 1 amide bonds. The minimum absolute atomic E-state index is 0.0388. The summed E-state index contributed by atoms with van der Waals surface area (Å²) in [5.41, 5.74) is 0.0388. The van der Waals surface area contributed by atoms with Crippen molar-refractivity contribution in [3.63, 3.8) is 0 Å². The van der Waals surface area contributed by atoms with Crippen molar-refractivity contribution in [3.05, 3.63) is 77.7 Å². The van der Waals surface area contributed by atoms with Crippen LogP contribution in [0.5, 0.6) is 0 Å². The summed E-state index contributed by atoms with van der Waals surface area (Å²) in [5.74, 6) is 1.19. The van der Waals surface area contributed by atoms with Crippen LogP contribution < -0.4 is 4.90 Å². The van der Waals surface area contributed by atoms with Gasteiger partial charge in [-0.2, -0.15) is 0 Å². The van der Waals surface area contributed by atoms with E-state index in [0.717, 1.165) is 31.8 Å². The van der Waals surface area contributed by atoms with E-state index in [1.165, 1.54) is 23.5 Å². The Morgan fingerprint density at radius 2 is 1.75 bits per heavy atom. The third-order valence-corrected chi connectivity index (χ3v) is 4.98. The van der Waals surface area contributed by atoms with Crippen LogP contribution in [0, 0.1) is 5.82 Å². The van der Waals surface area contributed by atoms with Crippen LogP contribution in [0.3, 0.4) is 0 Å². The van der Waals surface area contributed by atoms with Crippen molar-refractivity contribution in [1.82, 2.24) is 4.90 Å². The zero-order valence-corrected chi connectivity index (χ0v) is 15.6. The Kier molecular flexibility index (Phi) is 5.46. The molecular weight excluding hydrogens is 359 g/mol. The lowest BCUT2D eigenvalue weighted by Crippen LogP contribution is -2.30. The molecule has 3 aromatic rings. The Labute approximate surface area is 163 Å². The summed E-state index contributed by atoms with van der Waals surface area (Å²) in [6.07, 6.45) is 5.12. The van der Waals surface area contributed by atoms with Crippen molar-refractivity contribution >= 4 is 11.8 Å². The Morgan fingerprint density at radius 1 is 0.964 bits per heavy atom. The number of hydrogen-bond donors (Lipinski definition) is 0. The molecule has 3 heterocycles. The predicted octanol–water partition coefficient (Wildman–Crippen LogP) is 4.84. The molecular formula is C22H23FN2O3. The molecule has 6 heteroatoms. The Bertz CT molecular complexity index is 914. The number of amides is 1. The largest absolute Gasteiger partial charge is 0.467 e. The molecule has 1 fully saturated rings. The maximum atomic E-state index is 14.2. The van der Waals surface area contributed by atoms with Gasteiger partial charge in [-0.05, 0) is 49.6 Å². The fourth-order valence-electron chi connectivity index (χ4n) is 3.52. The van der Waals surface area contributed by atoms with Gasteiger partial charge in [0.05, 0.1) is 24.9 Å². The summed E-state index contributed by atoms with van der Waals surface area (Å²) < 4.78 is 25.6. The second kappa shape index (κ2) is 8.33. The normalized spacial score (nSPS) is 14.2. The second-order valence-electron chi connectivity index (χ2n) is 7.01. The summed E-state index contributed by atoms with van der Waals surface area (Å²) in [4.78, 5) is 16.8. The lowest BCUT2D eigenvalue weighted by molar-refractivity contribution is 0.0700.